The Kier molecular flexibility index (Phi) is 5.39. The van der Waals surface area contributed by atoms with Crippen LogP contribution in [-0.4, -0.2) is 30.9 Å². The van der Waals surface area contributed by atoms with Crippen LogP contribution in [0.1, 0.15) is 36.1 Å². The number of hydrogen-bond donors (Lipinski definition) is 0. The Labute approximate surface area is 193 Å². The molecule has 5 aromatic rings. The molecule has 0 aliphatic heterocycles. The number of halogens is 1. The maximum Gasteiger partial charge on any atom is 0.339 e. The highest BCUT2D eigenvalue weighted by Crippen LogP contribution is 2.27. The zero-order valence-corrected chi connectivity index (χ0v) is 18.5. The van der Waals surface area contributed by atoms with Crippen LogP contribution in [0.3, 0.4) is 0 Å². The van der Waals surface area contributed by atoms with Crippen LogP contribution in [0.2, 0.25) is 5.02 Å². The first-order valence-corrected chi connectivity index (χ1v) is 10.5. The average Bonchev–Trinajstić information content (AvgIpc) is 3.58. The topological polar surface area (TPSA) is 109 Å². The Morgan fingerprint density at radius 3 is 2.73 bits per heavy atom. The number of carbonyl (C=O) groups excluding carboxylic acids is 1. The van der Waals surface area contributed by atoms with Gasteiger partial charge in [-0.3, -0.25) is 0 Å². The summed E-state index contributed by atoms with van der Waals surface area (Å²) in [6, 6.07) is 12.2. The summed E-state index contributed by atoms with van der Waals surface area (Å²) in [5, 5.41) is 13.5. The van der Waals surface area contributed by atoms with Gasteiger partial charge in [0.25, 0.3) is 5.89 Å². The number of furan rings is 1. The van der Waals surface area contributed by atoms with Gasteiger partial charge in [0.15, 0.2) is 18.0 Å². The molecule has 1 aromatic carbocycles. The molecule has 0 aliphatic rings. The monoisotopic (exact) mass is 463 g/mol. The largest absolute Gasteiger partial charge is 0.463 e. The van der Waals surface area contributed by atoms with Crippen LogP contribution in [-0.2, 0) is 11.3 Å². The minimum absolute atomic E-state index is 0.0513. The summed E-state index contributed by atoms with van der Waals surface area (Å²) in [5.74, 6) is 0.446. The third-order valence-electron chi connectivity index (χ3n) is 4.93. The van der Waals surface area contributed by atoms with E-state index in [1.165, 1.54) is 0 Å². The molecule has 33 heavy (non-hydrogen) atoms. The standard InChI is InChI=1S/C23H18ClN5O4/c1-13(2)29-21-17(11-25-29)16(10-18(26-21)19-4-3-9-31-19)23(30)32-12-20-27-28-22(33-20)14-5-7-15(24)8-6-14/h3-11,13H,12H2,1-2H3. The second-order valence-corrected chi connectivity index (χ2v) is 7.97. The van der Waals surface area contributed by atoms with E-state index in [9.17, 15) is 4.79 Å². The first kappa shape index (κ1) is 20.9. The molecule has 0 saturated heterocycles. The number of carbonyl (C=O) groups is 1. The number of nitrogens with zero attached hydrogens (tertiary/aromatic N) is 5. The highest BCUT2D eigenvalue weighted by molar-refractivity contribution is 6.30. The molecular weight excluding hydrogens is 446 g/mol. The Bertz CT molecular complexity index is 1420. The predicted molar refractivity (Wildman–Crippen MR) is 119 cm³/mol. The van der Waals surface area contributed by atoms with Crippen molar-refractivity contribution in [1.82, 2.24) is 25.0 Å². The lowest BCUT2D eigenvalue weighted by atomic mass is 10.1. The normalized spacial score (nSPS) is 11.4. The first-order chi connectivity index (χ1) is 16.0. The zero-order chi connectivity index (χ0) is 22.9. The number of aromatic nitrogens is 5. The van der Waals surface area contributed by atoms with Crippen LogP contribution in [0, 0.1) is 0 Å². The molecule has 166 valence electrons. The maximum absolute atomic E-state index is 13.0. The van der Waals surface area contributed by atoms with Crippen molar-refractivity contribution in [3.8, 4) is 22.9 Å². The molecular formula is C23H18ClN5O4. The van der Waals surface area contributed by atoms with Gasteiger partial charge in [0.05, 0.1) is 23.4 Å². The van der Waals surface area contributed by atoms with E-state index in [0.29, 0.717) is 44.5 Å². The van der Waals surface area contributed by atoms with Gasteiger partial charge < -0.3 is 13.6 Å². The number of hydrogen-bond acceptors (Lipinski definition) is 8. The van der Waals surface area contributed by atoms with Gasteiger partial charge in [-0.05, 0) is 56.3 Å². The lowest BCUT2D eigenvalue weighted by molar-refractivity contribution is 0.0441. The van der Waals surface area contributed by atoms with Crippen molar-refractivity contribution in [2.75, 3.05) is 0 Å². The van der Waals surface area contributed by atoms with E-state index in [0.717, 1.165) is 0 Å². The molecule has 0 bridgehead atoms. The van der Waals surface area contributed by atoms with E-state index in [1.807, 2.05) is 13.8 Å². The fourth-order valence-electron chi connectivity index (χ4n) is 3.34. The Hall–Kier alpha value is -3.98. The number of fused-ring (bicyclic) bond motifs is 1. The first-order valence-electron chi connectivity index (χ1n) is 10.2. The molecule has 0 saturated carbocycles. The summed E-state index contributed by atoms with van der Waals surface area (Å²) in [7, 11) is 0. The molecule has 5 rings (SSSR count). The Balaban J connectivity index is 1.42. The number of benzene rings is 1. The zero-order valence-electron chi connectivity index (χ0n) is 17.7. The fraction of sp³-hybridized carbons (Fsp3) is 0.174. The summed E-state index contributed by atoms with van der Waals surface area (Å²) in [4.78, 5) is 17.7. The van der Waals surface area contributed by atoms with Crippen molar-refractivity contribution < 1.29 is 18.4 Å². The van der Waals surface area contributed by atoms with Crippen molar-refractivity contribution in [3.05, 3.63) is 71.4 Å². The molecule has 0 atom stereocenters. The number of ether oxygens (including phenoxy) is 1. The van der Waals surface area contributed by atoms with Crippen LogP contribution < -0.4 is 0 Å². The van der Waals surface area contributed by atoms with Crippen molar-refractivity contribution in [2.24, 2.45) is 0 Å². The van der Waals surface area contributed by atoms with E-state index in [4.69, 9.17) is 25.2 Å². The van der Waals surface area contributed by atoms with Crippen LogP contribution in [0.25, 0.3) is 33.9 Å². The lowest BCUT2D eigenvalue weighted by Crippen LogP contribution is -2.08. The summed E-state index contributed by atoms with van der Waals surface area (Å²) in [5.41, 5.74) is 2.10. The van der Waals surface area contributed by atoms with Crippen LogP contribution >= 0.6 is 11.6 Å². The molecule has 10 heteroatoms. The second kappa shape index (κ2) is 8.51. The quantitative estimate of drug-likeness (QED) is 0.311. The molecule has 0 amide bonds. The van der Waals surface area contributed by atoms with Gasteiger partial charge in [-0.25, -0.2) is 14.5 Å². The van der Waals surface area contributed by atoms with Gasteiger partial charge in [-0.15, -0.1) is 10.2 Å². The Morgan fingerprint density at radius 2 is 2.00 bits per heavy atom. The molecule has 0 N–H and O–H groups in total. The summed E-state index contributed by atoms with van der Waals surface area (Å²) < 4.78 is 18.3. The number of rotatable bonds is 6. The van der Waals surface area contributed by atoms with E-state index in [1.54, 1.807) is 59.6 Å². The maximum atomic E-state index is 13.0. The smallest absolute Gasteiger partial charge is 0.339 e. The van der Waals surface area contributed by atoms with Crippen molar-refractivity contribution >= 4 is 28.6 Å². The predicted octanol–water partition coefficient (Wildman–Crippen LogP) is 5.33. The van der Waals surface area contributed by atoms with Gasteiger partial charge >= 0.3 is 5.97 Å². The molecule has 0 unspecified atom stereocenters. The third-order valence-corrected chi connectivity index (χ3v) is 5.19. The molecule has 9 nitrogen and oxygen atoms in total. The minimum atomic E-state index is -0.565. The van der Waals surface area contributed by atoms with Crippen molar-refractivity contribution in [1.29, 1.82) is 0 Å². The SMILES string of the molecule is CC(C)n1ncc2c(C(=O)OCc3nnc(-c4ccc(Cl)cc4)o3)cc(-c3ccco3)nc21. The van der Waals surface area contributed by atoms with Crippen LogP contribution in [0.4, 0.5) is 0 Å². The fourth-order valence-corrected chi connectivity index (χ4v) is 3.47. The average molecular weight is 464 g/mol. The minimum Gasteiger partial charge on any atom is -0.463 e. The summed E-state index contributed by atoms with van der Waals surface area (Å²) >= 11 is 5.91. The van der Waals surface area contributed by atoms with Crippen LogP contribution in [0.5, 0.6) is 0 Å². The number of esters is 1. The van der Waals surface area contributed by atoms with E-state index in [-0.39, 0.29) is 18.5 Å². The van der Waals surface area contributed by atoms with E-state index >= 15 is 0 Å². The van der Waals surface area contributed by atoms with Crippen LogP contribution in [0.15, 0.2) is 63.8 Å². The van der Waals surface area contributed by atoms with E-state index in [2.05, 4.69) is 20.3 Å². The van der Waals surface area contributed by atoms with Gasteiger partial charge in [0.1, 0.15) is 5.69 Å². The highest BCUT2D eigenvalue weighted by Gasteiger charge is 2.21. The highest BCUT2D eigenvalue weighted by atomic mass is 35.5. The molecule has 0 aliphatic carbocycles. The molecule has 0 radical (unpaired) electrons. The second-order valence-electron chi connectivity index (χ2n) is 7.54. The van der Waals surface area contributed by atoms with Gasteiger partial charge in [-0.2, -0.15) is 5.10 Å². The van der Waals surface area contributed by atoms with Crippen molar-refractivity contribution in [2.45, 2.75) is 26.5 Å². The summed E-state index contributed by atoms with van der Waals surface area (Å²) in [6.45, 7) is 3.79. The third kappa shape index (κ3) is 4.10. The van der Waals surface area contributed by atoms with Gasteiger partial charge in [0, 0.05) is 16.6 Å². The molecule has 0 spiro atoms. The van der Waals surface area contributed by atoms with E-state index < -0.39 is 5.97 Å². The Morgan fingerprint density at radius 1 is 1.18 bits per heavy atom. The van der Waals surface area contributed by atoms with Gasteiger partial charge in [0.2, 0.25) is 5.89 Å². The van der Waals surface area contributed by atoms with Crippen molar-refractivity contribution in [3.63, 3.8) is 0 Å². The molecule has 0 fully saturated rings. The molecule has 4 aromatic heterocycles. The molecule has 4 heterocycles. The lowest BCUT2D eigenvalue weighted by Gasteiger charge is -2.09. The number of pyridine rings is 1. The summed E-state index contributed by atoms with van der Waals surface area (Å²) in [6.07, 6.45) is 3.16. The van der Waals surface area contributed by atoms with Gasteiger partial charge in [-0.1, -0.05) is 11.6 Å².